The molecule has 0 N–H and O–H groups in total. The van der Waals surface area contributed by atoms with E-state index in [4.69, 9.17) is 46.4 Å². The quantitative estimate of drug-likeness (QED) is 0.373. The summed E-state index contributed by atoms with van der Waals surface area (Å²) in [6.07, 6.45) is 4.34. The Morgan fingerprint density at radius 2 is 1.09 bits per heavy atom. The van der Waals surface area contributed by atoms with Crippen molar-refractivity contribution in [1.82, 2.24) is 0 Å². The number of carbonyl (C=O) groups excluding carboxylic acids is 4. The van der Waals surface area contributed by atoms with E-state index in [9.17, 15) is 19.2 Å². The molecule has 0 rings (SSSR count). The second kappa shape index (κ2) is 15.7. The molecule has 1 unspecified atom stereocenters. The zero-order valence-corrected chi connectivity index (χ0v) is 15.4. The van der Waals surface area contributed by atoms with Crippen molar-refractivity contribution < 1.29 is 19.2 Å². The molecule has 0 heterocycles. The fourth-order valence-corrected chi connectivity index (χ4v) is 2.08. The Bertz CT molecular complexity index is 356. The fraction of sp³-hybridized carbons (Fsp3) is 0.714. The van der Waals surface area contributed by atoms with Gasteiger partial charge in [0.15, 0.2) is 0 Å². The molecule has 0 aromatic rings. The maximum Gasteiger partial charge on any atom is 0.221 e. The fourth-order valence-electron chi connectivity index (χ4n) is 1.44. The van der Waals surface area contributed by atoms with Crippen molar-refractivity contribution in [2.45, 2.75) is 58.3 Å². The Kier molecular flexibility index (Phi) is 17.2. The van der Waals surface area contributed by atoms with Gasteiger partial charge in [-0.3, -0.25) is 19.2 Å². The highest BCUT2D eigenvalue weighted by atomic mass is 35.5. The number of carbonyl (C=O) groups is 4. The molecule has 0 saturated heterocycles. The zero-order valence-electron chi connectivity index (χ0n) is 12.4. The molecule has 0 saturated carbocycles. The van der Waals surface area contributed by atoms with Gasteiger partial charge in [-0.05, 0) is 71.6 Å². The lowest BCUT2D eigenvalue weighted by Crippen LogP contribution is -2.01. The SMILES string of the molecule is CC(CCC(=O)Cl)CC(=O)Cl.O=C(Cl)CCCCCC(=O)Cl. The average molecular weight is 394 g/mol. The molecular weight excluding hydrogens is 374 g/mol. The monoisotopic (exact) mass is 392 g/mol. The van der Waals surface area contributed by atoms with Gasteiger partial charge in [0, 0.05) is 25.7 Å². The molecule has 1 atom stereocenters. The molecule has 0 bridgehead atoms. The van der Waals surface area contributed by atoms with E-state index >= 15 is 0 Å². The third kappa shape index (κ3) is 24.8. The van der Waals surface area contributed by atoms with Crippen LogP contribution in [0.4, 0.5) is 0 Å². The van der Waals surface area contributed by atoms with Crippen molar-refractivity contribution >= 4 is 67.4 Å². The van der Waals surface area contributed by atoms with Crippen LogP contribution in [0.1, 0.15) is 58.3 Å². The smallest absolute Gasteiger partial charge is 0.221 e. The summed E-state index contributed by atoms with van der Waals surface area (Å²) >= 11 is 20.4. The second-order valence-electron chi connectivity index (χ2n) is 4.83. The van der Waals surface area contributed by atoms with Gasteiger partial charge in [0.2, 0.25) is 21.0 Å². The maximum absolute atomic E-state index is 10.3. The van der Waals surface area contributed by atoms with E-state index in [0.29, 0.717) is 32.1 Å². The summed E-state index contributed by atoms with van der Waals surface area (Å²) in [5, 5.41) is -1.36. The Morgan fingerprint density at radius 1 is 0.682 bits per heavy atom. The molecule has 0 aliphatic rings. The lowest BCUT2D eigenvalue weighted by molar-refractivity contribution is -0.114. The molecule has 128 valence electrons. The van der Waals surface area contributed by atoms with E-state index in [1.807, 2.05) is 6.92 Å². The summed E-state index contributed by atoms with van der Waals surface area (Å²) in [4.78, 5) is 41.1. The number of unbranched alkanes of at least 4 members (excludes halogenated alkanes) is 2. The lowest BCUT2D eigenvalue weighted by atomic mass is 10.0. The van der Waals surface area contributed by atoms with Crippen LogP contribution in [-0.4, -0.2) is 21.0 Å². The van der Waals surface area contributed by atoms with Crippen LogP contribution < -0.4 is 0 Å². The Morgan fingerprint density at radius 3 is 1.41 bits per heavy atom. The summed E-state index contributed by atoms with van der Waals surface area (Å²) in [6, 6.07) is 0. The van der Waals surface area contributed by atoms with Crippen molar-refractivity contribution in [2.75, 3.05) is 0 Å². The summed E-state index contributed by atoms with van der Waals surface area (Å²) in [5.74, 6) is 0.141. The van der Waals surface area contributed by atoms with E-state index in [0.717, 1.165) is 19.3 Å². The van der Waals surface area contributed by atoms with Gasteiger partial charge in [-0.1, -0.05) is 13.3 Å². The molecule has 22 heavy (non-hydrogen) atoms. The van der Waals surface area contributed by atoms with Crippen LogP contribution in [0.5, 0.6) is 0 Å². The van der Waals surface area contributed by atoms with Gasteiger partial charge in [0.1, 0.15) is 0 Å². The van der Waals surface area contributed by atoms with E-state index in [-0.39, 0.29) is 26.9 Å². The van der Waals surface area contributed by atoms with Gasteiger partial charge in [0.25, 0.3) is 0 Å². The van der Waals surface area contributed by atoms with Gasteiger partial charge in [-0.25, -0.2) is 0 Å². The molecule has 0 aliphatic heterocycles. The van der Waals surface area contributed by atoms with Gasteiger partial charge in [0.05, 0.1) is 0 Å². The van der Waals surface area contributed by atoms with Crippen LogP contribution in [0.15, 0.2) is 0 Å². The van der Waals surface area contributed by atoms with Crippen molar-refractivity contribution in [2.24, 2.45) is 5.92 Å². The Hall–Kier alpha value is -0.160. The summed E-state index contributed by atoms with van der Waals surface area (Å²) in [7, 11) is 0. The van der Waals surface area contributed by atoms with Crippen LogP contribution in [0.25, 0.3) is 0 Å². The minimum atomic E-state index is -0.362. The summed E-state index contributed by atoms with van der Waals surface area (Å²) < 4.78 is 0. The Labute approximate surface area is 150 Å². The number of rotatable bonds is 11. The highest BCUT2D eigenvalue weighted by molar-refractivity contribution is 6.64. The Balaban J connectivity index is 0. The maximum atomic E-state index is 10.3. The molecule has 0 aliphatic carbocycles. The normalized spacial score (nSPS) is 11.1. The van der Waals surface area contributed by atoms with Crippen molar-refractivity contribution in [3.8, 4) is 0 Å². The number of hydrogen-bond donors (Lipinski definition) is 0. The van der Waals surface area contributed by atoms with Crippen molar-refractivity contribution in [3.63, 3.8) is 0 Å². The van der Waals surface area contributed by atoms with Gasteiger partial charge < -0.3 is 0 Å². The zero-order chi connectivity index (χ0) is 17.5. The van der Waals surface area contributed by atoms with Crippen LogP contribution in [0.3, 0.4) is 0 Å². The van der Waals surface area contributed by atoms with Crippen LogP contribution >= 0.6 is 46.4 Å². The predicted molar refractivity (Wildman–Crippen MR) is 89.5 cm³/mol. The first-order valence-corrected chi connectivity index (χ1v) is 8.39. The van der Waals surface area contributed by atoms with E-state index < -0.39 is 0 Å². The van der Waals surface area contributed by atoms with Gasteiger partial charge in [-0.15, -0.1) is 0 Å². The van der Waals surface area contributed by atoms with Crippen LogP contribution in [0, 0.1) is 5.92 Å². The third-order valence-electron chi connectivity index (χ3n) is 2.59. The van der Waals surface area contributed by atoms with E-state index in [1.54, 1.807) is 0 Å². The van der Waals surface area contributed by atoms with E-state index in [1.165, 1.54) is 0 Å². The highest BCUT2D eigenvalue weighted by Crippen LogP contribution is 2.12. The topological polar surface area (TPSA) is 68.3 Å². The van der Waals surface area contributed by atoms with Crippen molar-refractivity contribution in [3.05, 3.63) is 0 Å². The van der Waals surface area contributed by atoms with Gasteiger partial charge in [-0.2, -0.15) is 0 Å². The lowest BCUT2D eigenvalue weighted by Gasteiger charge is -2.04. The van der Waals surface area contributed by atoms with Crippen LogP contribution in [0.2, 0.25) is 0 Å². The van der Waals surface area contributed by atoms with E-state index in [2.05, 4.69) is 0 Å². The molecule has 0 radical (unpaired) electrons. The van der Waals surface area contributed by atoms with Crippen LogP contribution in [-0.2, 0) is 19.2 Å². The summed E-state index contributed by atoms with van der Waals surface area (Å²) in [6.45, 7) is 1.86. The average Bonchev–Trinajstić information content (AvgIpc) is 2.35. The summed E-state index contributed by atoms with van der Waals surface area (Å²) in [5.41, 5.74) is 0. The first-order chi connectivity index (χ1) is 10.1. The molecule has 0 amide bonds. The highest BCUT2D eigenvalue weighted by Gasteiger charge is 2.08. The minimum Gasteiger partial charge on any atom is -0.281 e. The largest absolute Gasteiger partial charge is 0.281 e. The third-order valence-corrected chi connectivity index (χ3v) is 3.31. The molecule has 0 spiro atoms. The number of halogens is 4. The molecule has 8 heteroatoms. The minimum absolute atomic E-state index is 0.141. The van der Waals surface area contributed by atoms with Crippen molar-refractivity contribution in [1.29, 1.82) is 0 Å². The predicted octanol–water partition coefficient (Wildman–Crippen LogP) is 4.79. The first kappa shape index (κ1) is 24.1. The standard InChI is InChI=1S/2C7H10Cl2O2/c1-5(4-7(9)11)2-3-6(8)10;8-6(10)4-2-1-3-5-7(9)11/h5H,2-4H2,1H3;1-5H2. The molecule has 0 aromatic carbocycles. The molecular formula is C14H20Cl4O4. The van der Waals surface area contributed by atoms with Gasteiger partial charge >= 0.3 is 0 Å². The first-order valence-electron chi connectivity index (χ1n) is 6.88. The molecule has 0 aromatic heterocycles. The molecule has 0 fully saturated rings. The number of hydrogen-bond acceptors (Lipinski definition) is 4. The second-order valence-corrected chi connectivity index (χ2v) is 6.52. The molecule has 4 nitrogen and oxygen atoms in total.